The van der Waals surface area contributed by atoms with E-state index in [4.69, 9.17) is 5.11 Å². The molecule has 6 nitrogen and oxygen atoms in total. The van der Waals surface area contributed by atoms with Gasteiger partial charge in [0.25, 0.3) is 0 Å². The average Bonchev–Trinajstić information content (AvgIpc) is 2.46. The van der Waals surface area contributed by atoms with E-state index in [9.17, 15) is 9.59 Å². The monoisotopic (exact) mass is 291 g/mol. The minimum Gasteiger partial charge on any atom is -0.478 e. The van der Waals surface area contributed by atoms with Gasteiger partial charge in [-0.2, -0.15) is 0 Å². The standard InChI is InChI=1S/C15H21N3O3/c1-17-8-4-7-13(10-17)18(2)15(21)16-12-6-3-5-11(9-12)14(19)20/h3,5-6,9,13H,4,7-8,10H2,1-2H3,(H,16,21)(H,19,20). The molecule has 0 aromatic heterocycles. The van der Waals surface area contributed by atoms with E-state index in [1.807, 2.05) is 7.05 Å². The van der Waals surface area contributed by atoms with Gasteiger partial charge in [0.1, 0.15) is 0 Å². The zero-order valence-electron chi connectivity index (χ0n) is 12.4. The highest BCUT2D eigenvalue weighted by atomic mass is 16.4. The summed E-state index contributed by atoms with van der Waals surface area (Å²) in [4.78, 5) is 27.1. The summed E-state index contributed by atoms with van der Waals surface area (Å²) in [6.07, 6.45) is 2.07. The Morgan fingerprint density at radius 2 is 2.19 bits per heavy atom. The number of nitrogens with one attached hydrogen (secondary N) is 1. The van der Waals surface area contributed by atoms with Gasteiger partial charge in [-0.15, -0.1) is 0 Å². The maximum absolute atomic E-state index is 12.2. The molecule has 0 saturated carbocycles. The van der Waals surface area contributed by atoms with Gasteiger partial charge in [0.15, 0.2) is 0 Å². The summed E-state index contributed by atoms with van der Waals surface area (Å²) in [7, 11) is 3.83. The van der Waals surface area contributed by atoms with E-state index >= 15 is 0 Å². The Balaban J connectivity index is 2.00. The Morgan fingerprint density at radius 1 is 1.43 bits per heavy atom. The van der Waals surface area contributed by atoms with Crippen molar-refractivity contribution in [3.05, 3.63) is 29.8 Å². The first-order valence-corrected chi connectivity index (χ1v) is 7.03. The van der Waals surface area contributed by atoms with Crippen LogP contribution < -0.4 is 5.32 Å². The van der Waals surface area contributed by atoms with Crippen LogP contribution in [0.1, 0.15) is 23.2 Å². The number of carboxylic acids is 1. The largest absolute Gasteiger partial charge is 0.478 e. The maximum Gasteiger partial charge on any atom is 0.335 e. The van der Waals surface area contributed by atoms with Gasteiger partial charge in [0, 0.05) is 25.3 Å². The number of carboxylic acid groups (broad SMARTS) is 1. The van der Waals surface area contributed by atoms with Crippen molar-refractivity contribution >= 4 is 17.7 Å². The van der Waals surface area contributed by atoms with Crippen molar-refractivity contribution in [1.82, 2.24) is 9.80 Å². The second-order valence-corrected chi connectivity index (χ2v) is 5.49. The molecule has 21 heavy (non-hydrogen) atoms. The van der Waals surface area contributed by atoms with Gasteiger partial charge in [0.05, 0.1) is 5.56 Å². The van der Waals surface area contributed by atoms with Crippen LogP contribution in [0.25, 0.3) is 0 Å². The van der Waals surface area contributed by atoms with E-state index in [0.717, 1.165) is 25.9 Å². The number of carbonyl (C=O) groups excluding carboxylic acids is 1. The third kappa shape index (κ3) is 3.95. The van der Waals surface area contributed by atoms with Crippen LogP contribution in [0.15, 0.2) is 24.3 Å². The fourth-order valence-electron chi connectivity index (χ4n) is 2.56. The Bertz CT molecular complexity index is 533. The van der Waals surface area contributed by atoms with E-state index in [2.05, 4.69) is 10.2 Å². The van der Waals surface area contributed by atoms with Crippen LogP contribution in [-0.4, -0.2) is 60.1 Å². The molecule has 1 atom stereocenters. The molecule has 0 radical (unpaired) electrons. The number of urea groups is 1. The van der Waals surface area contributed by atoms with Crippen molar-refractivity contribution in [1.29, 1.82) is 0 Å². The van der Waals surface area contributed by atoms with Crippen LogP contribution in [0.3, 0.4) is 0 Å². The van der Waals surface area contributed by atoms with Gasteiger partial charge in [-0.1, -0.05) is 6.07 Å². The van der Waals surface area contributed by atoms with Crippen molar-refractivity contribution in [3.8, 4) is 0 Å². The Morgan fingerprint density at radius 3 is 2.86 bits per heavy atom. The second kappa shape index (κ2) is 6.58. The van der Waals surface area contributed by atoms with Crippen LogP contribution in [-0.2, 0) is 0 Å². The van der Waals surface area contributed by atoms with Crippen LogP contribution in [0.5, 0.6) is 0 Å². The molecule has 2 rings (SSSR count). The summed E-state index contributed by atoms with van der Waals surface area (Å²) in [6.45, 7) is 1.92. The van der Waals surface area contributed by atoms with Crippen LogP contribution in [0, 0.1) is 0 Å². The molecule has 0 spiro atoms. The van der Waals surface area contributed by atoms with E-state index in [1.165, 1.54) is 12.1 Å². The molecule has 1 aliphatic heterocycles. The number of nitrogens with zero attached hydrogens (tertiary/aromatic N) is 2. The fourth-order valence-corrected chi connectivity index (χ4v) is 2.56. The van der Waals surface area contributed by atoms with Crippen molar-refractivity contribution < 1.29 is 14.7 Å². The molecule has 1 unspecified atom stereocenters. The highest BCUT2D eigenvalue weighted by molar-refractivity contribution is 5.93. The Hall–Kier alpha value is -2.08. The number of likely N-dealkylation sites (tertiary alicyclic amines) is 1. The first-order chi connectivity index (χ1) is 9.97. The number of hydrogen-bond acceptors (Lipinski definition) is 3. The zero-order chi connectivity index (χ0) is 15.4. The number of benzene rings is 1. The number of aromatic carboxylic acids is 1. The van der Waals surface area contributed by atoms with E-state index < -0.39 is 5.97 Å². The quantitative estimate of drug-likeness (QED) is 0.892. The maximum atomic E-state index is 12.2. The third-order valence-electron chi connectivity index (χ3n) is 3.83. The van der Waals surface area contributed by atoms with E-state index in [0.29, 0.717) is 5.69 Å². The molecule has 114 valence electrons. The fraction of sp³-hybridized carbons (Fsp3) is 0.467. The summed E-state index contributed by atoms with van der Waals surface area (Å²) in [6, 6.07) is 6.24. The summed E-state index contributed by atoms with van der Waals surface area (Å²) in [5.74, 6) is -1.01. The lowest BCUT2D eigenvalue weighted by molar-refractivity contribution is 0.0697. The molecule has 0 bridgehead atoms. The number of carbonyl (C=O) groups is 2. The van der Waals surface area contributed by atoms with Gasteiger partial charge in [-0.25, -0.2) is 9.59 Å². The number of piperidine rings is 1. The van der Waals surface area contributed by atoms with Crippen LogP contribution >= 0.6 is 0 Å². The SMILES string of the molecule is CN1CCCC(N(C)C(=O)Nc2cccc(C(=O)O)c2)C1. The molecule has 1 saturated heterocycles. The first kappa shape index (κ1) is 15.3. The molecule has 1 fully saturated rings. The summed E-state index contributed by atoms with van der Waals surface area (Å²) in [5.41, 5.74) is 0.656. The minimum atomic E-state index is -1.01. The van der Waals surface area contributed by atoms with Gasteiger partial charge in [-0.05, 0) is 44.6 Å². The van der Waals surface area contributed by atoms with Gasteiger partial charge in [-0.3, -0.25) is 0 Å². The van der Waals surface area contributed by atoms with Crippen LogP contribution in [0.4, 0.5) is 10.5 Å². The molecule has 1 heterocycles. The smallest absolute Gasteiger partial charge is 0.335 e. The third-order valence-corrected chi connectivity index (χ3v) is 3.83. The van der Waals surface area contributed by atoms with Crippen LogP contribution in [0.2, 0.25) is 0 Å². The molecule has 2 N–H and O–H groups in total. The zero-order valence-corrected chi connectivity index (χ0v) is 12.4. The van der Waals surface area contributed by atoms with Gasteiger partial charge in [0.2, 0.25) is 0 Å². The molecule has 1 aromatic carbocycles. The lowest BCUT2D eigenvalue weighted by atomic mass is 10.1. The molecule has 1 aliphatic rings. The van der Waals surface area contributed by atoms with Gasteiger partial charge < -0.3 is 20.2 Å². The molecule has 6 heteroatoms. The average molecular weight is 291 g/mol. The predicted octanol–water partition coefficient (Wildman–Crippen LogP) is 1.94. The molecular formula is C15H21N3O3. The van der Waals surface area contributed by atoms with Gasteiger partial charge >= 0.3 is 12.0 Å². The summed E-state index contributed by atoms with van der Waals surface area (Å²) >= 11 is 0. The predicted molar refractivity (Wildman–Crippen MR) is 80.7 cm³/mol. The van der Waals surface area contributed by atoms with Crippen molar-refractivity contribution in [2.45, 2.75) is 18.9 Å². The topological polar surface area (TPSA) is 72.9 Å². The number of rotatable bonds is 3. The normalized spacial score (nSPS) is 19.0. The van der Waals surface area contributed by atoms with Crippen molar-refractivity contribution in [3.63, 3.8) is 0 Å². The highest BCUT2D eigenvalue weighted by Crippen LogP contribution is 2.16. The molecule has 1 aromatic rings. The molecule has 2 amide bonds. The second-order valence-electron chi connectivity index (χ2n) is 5.49. The van der Waals surface area contributed by atoms with E-state index in [1.54, 1.807) is 24.1 Å². The number of likely N-dealkylation sites (N-methyl/N-ethyl adjacent to an activating group) is 2. The van der Waals surface area contributed by atoms with Crippen molar-refractivity contribution in [2.75, 3.05) is 32.5 Å². The lowest BCUT2D eigenvalue weighted by Crippen LogP contribution is -2.48. The molecule has 0 aliphatic carbocycles. The minimum absolute atomic E-state index is 0.160. The highest BCUT2D eigenvalue weighted by Gasteiger charge is 2.24. The van der Waals surface area contributed by atoms with E-state index in [-0.39, 0.29) is 17.6 Å². The number of hydrogen-bond donors (Lipinski definition) is 2. The summed E-state index contributed by atoms with van der Waals surface area (Å²) < 4.78 is 0. The van der Waals surface area contributed by atoms with Crippen molar-refractivity contribution in [2.24, 2.45) is 0 Å². The number of anilines is 1. The Labute approximate surface area is 124 Å². The summed E-state index contributed by atoms with van der Waals surface area (Å²) in [5, 5.41) is 11.7. The Kier molecular flexibility index (Phi) is 4.80. The lowest BCUT2D eigenvalue weighted by Gasteiger charge is -2.35. The first-order valence-electron chi connectivity index (χ1n) is 7.03. The molecular weight excluding hydrogens is 270 g/mol. The number of amides is 2.